The Bertz CT molecular complexity index is 550. The lowest BCUT2D eigenvalue weighted by Crippen LogP contribution is -2.26. The average Bonchev–Trinajstić information content (AvgIpc) is 2.88. The Hall–Kier alpha value is -2.14. The number of nitrogens with zero attached hydrogens (tertiary/aromatic N) is 2. The molecule has 106 valence electrons. The van der Waals surface area contributed by atoms with Gasteiger partial charge >= 0.3 is 0 Å². The van der Waals surface area contributed by atoms with Crippen LogP contribution in [-0.4, -0.2) is 22.0 Å². The molecule has 0 aliphatic carbocycles. The van der Waals surface area contributed by atoms with E-state index in [1.165, 1.54) is 12.5 Å². The van der Waals surface area contributed by atoms with Crippen LogP contribution in [0.15, 0.2) is 42.9 Å². The molecule has 0 saturated heterocycles. The smallest absolute Gasteiger partial charge is 0.216 e. The van der Waals surface area contributed by atoms with Crippen molar-refractivity contribution in [3.63, 3.8) is 0 Å². The van der Waals surface area contributed by atoms with E-state index >= 15 is 0 Å². The lowest BCUT2D eigenvalue weighted by Gasteiger charge is -2.15. The zero-order chi connectivity index (χ0) is 14.4. The maximum absolute atomic E-state index is 10.9. The Balaban J connectivity index is 1.98. The number of carbonyl (C=O) groups is 1. The summed E-state index contributed by atoms with van der Waals surface area (Å²) in [5, 5.41) is 2.77. The predicted octanol–water partition coefficient (Wildman–Crippen LogP) is 1.26. The third-order valence-corrected chi connectivity index (χ3v) is 3.15. The second kappa shape index (κ2) is 6.86. The van der Waals surface area contributed by atoms with Gasteiger partial charge < -0.3 is 15.6 Å². The van der Waals surface area contributed by atoms with E-state index in [-0.39, 0.29) is 11.9 Å². The van der Waals surface area contributed by atoms with Crippen molar-refractivity contribution in [2.75, 3.05) is 6.54 Å². The lowest BCUT2D eigenvalue weighted by molar-refractivity contribution is -0.118. The molecule has 1 amide bonds. The van der Waals surface area contributed by atoms with Crippen molar-refractivity contribution in [2.24, 2.45) is 5.73 Å². The summed E-state index contributed by atoms with van der Waals surface area (Å²) < 4.78 is 1.99. The molecule has 0 bridgehead atoms. The first-order valence-electron chi connectivity index (χ1n) is 6.71. The zero-order valence-electron chi connectivity index (χ0n) is 11.6. The first-order valence-corrected chi connectivity index (χ1v) is 6.71. The van der Waals surface area contributed by atoms with E-state index in [4.69, 9.17) is 5.73 Å². The van der Waals surface area contributed by atoms with Gasteiger partial charge in [-0.25, -0.2) is 4.98 Å². The molecule has 5 heteroatoms. The van der Waals surface area contributed by atoms with Crippen LogP contribution in [0.1, 0.15) is 24.2 Å². The topological polar surface area (TPSA) is 72.9 Å². The molecule has 0 aliphatic rings. The molecule has 0 unspecified atom stereocenters. The maximum Gasteiger partial charge on any atom is 0.216 e. The number of amides is 1. The number of imidazole rings is 1. The molecule has 3 N–H and O–H groups in total. The molecule has 0 aliphatic heterocycles. The van der Waals surface area contributed by atoms with Gasteiger partial charge in [-0.1, -0.05) is 30.3 Å². The van der Waals surface area contributed by atoms with Crippen molar-refractivity contribution in [3.05, 3.63) is 54.1 Å². The van der Waals surface area contributed by atoms with Crippen molar-refractivity contribution in [2.45, 2.75) is 25.9 Å². The van der Waals surface area contributed by atoms with Gasteiger partial charge in [0.15, 0.2) is 0 Å². The van der Waals surface area contributed by atoms with E-state index in [9.17, 15) is 4.79 Å². The van der Waals surface area contributed by atoms with Crippen LogP contribution in [-0.2, 0) is 17.8 Å². The standard InChI is InChI=1S/C15H20N4O/c1-12(20)18-7-8-19-11-17-10-15(19)14(16)9-13-5-3-2-4-6-13/h2-6,10-11,14H,7-9,16H2,1H3,(H,18,20)/t14-/m1/s1. The van der Waals surface area contributed by atoms with E-state index in [0.29, 0.717) is 13.1 Å². The van der Waals surface area contributed by atoms with Crippen LogP contribution in [0.25, 0.3) is 0 Å². The summed E-state index contributed by atoms with van der Waals surface area (Å²) in [5.41, 5.74) is 8.44. The van der Waals surface area contributed by atoms with Gasteiger partial charge in [0.1, 0.15) is 0 Å². The molecular formula is C15H20N4O. The molecule has 20 heavy (non-hydrogen) atoms. The van der Waals surface area contributed by atoms with E-state index < -0.39 is 0 Å². The van der Waals surface area contributed by atoms with Gasteiger partial charge in [0.2, 0.25) is 5.91 Å². The monoisotopic (exact) mass is 272 g/mol. The van der Waals surface area contributed by atoms with Crippen molar-refractivity contribution >= 4 is 5.91 Å². The summed E-state index contributed by atoms with van der Waals surface area (Å²) in [6.45, 7) is 2.77. The normalized spacial score (nSPS) is 12.1. The Kier molecular flexibility index (Phi) is 4.90. The minimum absolute atomic E-state index is 0.0275. The largest absolute Gasteiger partial charge is 0.355 e. The average molecular weight is 272 g/mol. The van der Waals surface area contributed by atoms with E-state index in [1.807, 2.05) is 22.8 Å². The summed E-state index contributed by atoms with van der Waals surface area (Å²) >= 11 is 0. The third-order valence-electron chi connectivity index (χ3n) is 3.15. The number of benzene rings is 1. The molecule has 2 rings (SSSR count). The van der Waals surface area contributed by atoms with Crippen molar-refractivity contribution in [1.82, 2.24) is 14.9 Å². The number of carbonyl (C=O) groups excluding carboxylic acids is 1. The predicted molar refractivity (Wildman–Crippen MR) is 78.0 cm³/mol. The highest BCUT2D eigenvalue weighted by molar-refractivity contribution is 5.72. The number of hydrogen-bond acceptors (Lipinski definition) is 3. The molecule has 1 heterocycles. The minimum Gasteiger partial charge on any atom is -0.355 e. The maximum atomic E-state index is 10.9. The number of hydrogen-bond donors (Lipinski definition) is 2. The number of nitrogens with one attached hydrogen (secondary N) is 1. The first-order chi connectivity index (χ1) is 9.66. The van der Waals surface area contributed by atoms with Gasteiger partial charge in [-0.05, 0) is 12.0 Å². The van der Waals surface area contributed by atoms with E-state index in [0.717, 1.165) is 12.1 Å². The summed E-state index contributed by atoms with van der Waals surface area (Å²) in [6, 6.07) is 10.0. The van der Waals surface area contributed by atoms with Gasteiger partial charge in [0, 0.05) is 26.2 Å². The number of rotatable bonds is 6. The molecule has 0 fully saturated rings. The van der Waals surface area contributed by atoms with Gasteiger partial charge in [-0.2, -0.15) is 0 Å². The molecule has 0 saturated carbocycles. The first kappa shape index (κ1) is 14.3. The fourth-order valence-corrected chi connectivity index (χ4v) is 2.15. The molecule has 1 aromatic carbocycles. The zero-order valence-corrected chi connectivity index (χ0v) is 11.6. The highest BCUT2D eigenvalue weighted by Crippen LogP contribution is 2.15. The number of aromatic nitrogens is 2. The number of nitrogens with two attached hydrogens (primary N) is 1. The van der Waals surface area contributed by atoms with Crippen LogP contribution >= 0.6 is 0 Å². The van der Waals surface area contributed by atoms with Crippen LogP contribution in [0.4, 0.5) is 0 Å². The highest BCUT2D eigenvalue weighted by atomic mass is 16.1. The fraction of sp³-hybridized carbons (Fsp3) is 0.333. The van der Waals surface area contributed by atoms with Crippen LogP contribution in [0.5, 0.6) is 0 Å². The molecule has 0 spiro atoms. The van der Waals surface area contributed by atoms with Gasteiger partial charge in [0.05, 0.1) is 18.1 Å². The summed E-state index contributed by atoms with van der Waals surface area (Å²) in [6.07, 6.45) is 4.32. The Labute approximate surface area is 118 Å². The Morgan fingerprint density at radius 1 is 1.40 bits per heavy atom. The van der Waals surface area contributed by atoms with Crippen molar-refractivity contribution in [1.29, 1.82) is 0 Å². The van der Waals surface area contributed by atoms with Gasteiger partial charge in [-0.3, -0.25) is 4.79 Å². The lowest BCUT2D eigenvalue weighted by atomic mass is 10.0. The van der Waals surface area contributed by atoms with Crippen molar-refractivity contribution < 1.29 is 4.79 Å². The molecular weight excluding hydrogens is 252 g/mol. The van der Waals surface area contributed by atoms with Crippen molar-refractivity contribution in [3.8, 4) is 0 Å². The summed E-state index contributed by atoms with van der Waals surface area (Å²) in [7, 11) is 0. The Morgan fingerprint density at radius 3 is 2.85 bits per heavy atom. The fourth-order valence-electron chi connectivity index (χ4n) is 2.15. The summed E-state index contributed by atoms with van der Waals surface area (Å²) in [5.74, 6) is -0.0275. The van der Waals surface area contributed by atoms with Crippen LogP contribution < -0.4 is 11.1 Å². The Morgan fingerprint density at radius 2 is 2.15 bits per heavy atom. The second-order valence-electron chi connectivity index (χ2n) is 4.79. The quantitative estimate of drug-likeness (QED) is 0.831. The molecule has 1 aromatic heterocycles. The van der Waals surface area contributed by atoms with Crippen LogP contribution in [0.3, 0.4) is 0 Å². The SMILES string of the molecule is CC(=O)NCCn1cncc1[C@H](N)Cc1ccccc1. The highest BCUT2D eigenvalue weighted by Gasteiger charge is 2.12. The minimum atomic E-state index is -0.0998. The van der Waals surface area contributed by atoms with E-state index in [1.54, 1.807) is 12.5 Å². The van der Waals surface area contributed by atoms with Crippen LogP contribution in [0.2, 0.25) is 0 Å². The van der Waals surface area contributed by atoms with Gasteiger partial charge in [-0.15, -0.1) is 0 Å². The van der Waals surface area contributed by atoms with Crippen LogP contribution in [0, 0.1) is 0 Å². The van der Waals surface area contributed by atoms with Gasteiger partial charge in [0.25, 0.3) is 0 Å². The second-order valence-corrected chi connectivity index (χ2v) is 4.79. The third kappa shape index (κ3) is 3.93. The molecule has 5 nitrogen and oxygen atoms in total. The molecule has 0 radical (unpaired) electrons. The molecule has 1 atom stereocenters. The van der Waals surface area contributed by atoms with E-state index in [2.05, 4.69) is 22.4 Å². The molecule has 2 aromatic rings. The summed E-state index contributed by atoms with van der Waals surface area (Å²) in [4.78, 5) is 15.0.